The topological polar surface area (TPSA) is 107 Å². The van der Waals surface area contributed by atoms with E-state index in [1.54, 1.807) is 6.07 Å². The van der Waals surface area contributed by atoms with Gasteiger partial charge in [-0.1, -0.05) is 51.7 Å². The molecular weight excluding hydrogens is 478 g/mol. The quantitative estimate of drug-likeness (QED) is 0.266. The first-order valence-electron chi connectivity index (χ1n) is 13.0. The van der Waals surface area contributed by atoms with Crippen LogP contribution in [0, 0.1) is 0 Å². The highest BCUT2D eigenvalue weighted by atomic mass is 32.1. The summed E-state index contributed by atoms with van der Waals surface area (Å²) in [5.74, 6) is -0.253. The zero-order chi connectivity index (χ0) is 26.3. The van der Waals surface area contributed by atoms with Crippen LogP contribution in [0.25, 0.3) is 0 Å². The fourth-order valence-electron chi connectivity index (χ4n) is 3.85. The van der Waals surface area contributed by atoms with Gasteiger partial charge < -0.3 is 25.0 Å². The molecule has 0 radical (unpaired) electrons. The molecule has 200 valence electrons. The average Bonchev–Trinajstić information content (AvgIpc) is 3.54. The lowest BCUT2D eigenvalue weighted by atomic mass is 10.1. The van der Waals surface area contributed by atoms with Crippen LogP contribution in [0.3, 0.4) is 0 Å². The van der Waals surface area contributed by atoms with Crippen molar-refractivity contribution in [1.82, 2.24) is 0 Å². The zero-order valence-electron chi connectivity index (χ0n) is 21.5. The molecular formula is C28H41NO6S. The lowest BCUT2D eigenvalue weighted by Crippen LogP contribution is -2.34. The fraction of sp³-hybridized carbons (Fsp3) is 0.571. The van der Waals surface area contributed by atoms with Crippen molar-refractivity contribution in [2.24, 2.45) is 0 Å². The number of unbranched alkanes of at least 4 members (excludes halogenated alkanes) is 3. The zero-order valence-corrected chi connectivity index (χ0v) is 22.3. The maximum Gasteiger partial charge on any atom is 0.348 e. The number of aliphatic hydroxyl groups excluding tert-OH is 3. The summed E-state index contributed by atoms with van der Waals surface area (Å²) in [6.45, 7) is 4.28. The fourth-order valence-corrected chi connectivity index (χ4v) is 4.86. The molecule has 2 atom stereocenters. The third kappa shape index (κ3) is 10.0. The van der Waals surface area contributed by atoms with Crippen LogP contribution in [0.2, 0.25) is 0 Å². The average molecular weight is 520 g/mol. The number of hydrogen-bond acceptors (Lipinski definition) is 7. The third-order valence-corrected chi connectivity index (χ3v) is 7.14. The van der Waals surface area contributed by atoms with E-state index in [1.165, 1.54) is 42.6 Å². The molecule has 1 aliphatic heterocycles. The highest BCUT2D eigenvalue weighted by Crippen LogP contribution is 2.22. The number of thiophene rings is 1. The van der Waals surface area contributed by atoms with Crippen molar-refractivity contribution in [3.8, 4) is 0 Å². The van der Waals surface area contributed by atoms with Crippen LogP contribution in [-0.4, -0.2) is 59.2 Å². The molecule has 36 heavy (non-hydrogen) atoms. The molecule has 2 heterocycles. The predicted molar refractivity (Wildman–Crippen MR) is 144 cm³/mol. The summed E-state index contributed by atoms with van der Waals surface area (Å²) < 4.78 is 4.85. The minimum absolute atomic E-state index is 0.269. The van der Waals surface area contributed by atoms with E-state index in [4.69, 9.17) is 14.9 Å². The number of aliphatic hydroxyl groups is 3. The summed E-state index contributed by atoms with van der Waals surface area (Å²) in [6.07, 6.45) is 7.45. The smallest absolute Gasteiger partial charge is 0.348 e. The van der Waals surface area contributed by atoms with E-state index >= 15 is 0 Å². The standard InChI is InChI=1S/C16H23NO.C12H18O5S/c1-2-3-4-5-7-14-9-11-15(12-10-14)17-13-6-8-16(17)18;1-2-3-8-4-5-11(18-8)12(16)17-7-10(15)9(14)6-13/h9-12H,2-8,13H2,1H3;4-5,9-10,13-15H,2-3,6-7H2,1H3. The Balaban J connectivity index is 0.000000254. The highest BCUT2D eigenvalue weighted by molar-refractivity contribution is 7.13. The monoisotopic (exact) mass is 519 g/mol. The van der Waals surface area contributed by atoms with Crippen LogP contribution in [-0.2, 0) is 22.4 Å². The highest BCUT2D eigenvalue weighted by Gasteiger charge is 2.21. The van der Waals surface area contributed by atoms with E-state index in [9.17, 15) is 14.7 Å². The summed E-state index contributed by atoms with van der Waals surface area (Å²) in [6, 6.07) is 12.1. The first-order valence-corrected chi connectivity index (χ1v) is 13.8. The van der Waals surface area contributed by atoms with Crippen molar-refractivity contribution in [1.29, 1.82) is 0 Å². The molecule has 1 aliphatic rings. The van der Waals surface area contributed by atoms with Gasteiger partial charge in [0.2, 0.25) is 5.91 Å². The third-order valence-electron chi connectivity index (χ3n) is 6.02. The Kier molecular flexibility index (Phi) is 13.7. The van der Waals surface area contributed by atoms with E-state index in [1.807, 2.05) is 11.0 Å². The first-order chi connectivity index (χ1) is 17.4. The van der Waals surface area contributed by atoms with Crippen LogP contribution in [0.5, 0.6) is 0 Å². The summed E-state index contributed by atoms with van der Waals surface area (Å²) in [7, 11) is 0. The summed E-state index contributed by atoms with van der Waals surface area (Å²) in [5, 5.41) is 27.0. The number of carbonyl (C=O) groups is 2. The predicted octanol–water partition coefficient (Wildman–Crippen LogP) is 4.51. The van der Waals surface area contributed by atoms with Gasteiger partial charge in [0, 0.05) is 23.5 Å². The molecule has 8 heteroatoms. The Morgan fingerprint density at radius 1 is 1.00 bits per heavy atom. The molecule has 0 saturated carbocycles. The van der Waals surface area contributed by atoms with Gasteiger partial charge in [0.25, 0.3) is 0 Å². The van der Waals surface area contributed by atoms with Crippen LogP contribution < -0.4 is 4.90 Å². The van der Waals surface area contributed by atoms with Gasteiger partial charge in [-0.3, -0.25) is 4.79 Å². The summed E-state index contributed by atoms with van der Waals surface area (Å²) in [5.41, 5.74) is 2.45. The van der Waals surface area contributed by atoms with Crippen molar-refractivity contribution in [3.63, 3.8) is 0 Å². The second-order valence-electron chi connectivity index (χ2n) is 9.06. The molecule has 2 aromatic rings. The van der Waals surface area contributed by atoms with Crippen LogP contribution >= 0.6 is 11.3 Å². The molecule has 1 saturated heterocycles. The van der Waals surface area contributed by atoms with E-state index < -0.39 is 24.8 Å². The molecule has 7 nitrogen and oxygen atoms in total. The van der Waals surface area contributed by atoms with Gasteiger partial charge in [0.1, 0.15) is 23.7 Å². The van der Waals surface area contributed by atoms with Crippen LogP contribution in [0.15, 0.2) is 36.4 Å². The molecule has 1 amide bonds. The summed E-state index contributed by atoms with van der Waals surface area (Å²) in [4.78, 5) is 26.7. The molecule has 1 fully saturated rings. The number of hydrogen-bond donors (Lipinski definition) is 3. The lowest BCUT2D eigenvalue weighted by Gasteiger charge is -2.15. The van der Waals surface area contributed by atoms with Crippen molar-refractivity contribution >= 4 is 28.9 Å². The Morgan fingerprint density at radius 3 is 2.36 bits per heavy atom. The number of rotatable bonds is 13. The lowest BCUT2D eigenvalue weighted by molar-refractivity contribution is -0.117. The molecule has 0 spiro atoms. The second-order valence-corrected chi connectivity index (χ2v) is 10.2. The van der Waals surface area contributed by atoms with Gasteiger partial charge in [-0.25, -0.2) is 4.79 Å². The SMILES string of the molecule is CCCCCCc1ccc(N2CCCC2=O)cc1.CCCc1ccc(C(=O)OCC(O)C(O)CO)s1. The van der Waals surface area contributed by atoms with Crippen LogP contribution in [0.4, 0.5) is 5.69 Å². The number of amides is 1. The minimum Gasteiger partial charge on any atom is -0.459 e. The maximum atomic E-state index is 11.6. The number of carbonyl (C=O) groups excluding carboxylic acids is 2. The Hall–Kier alpha value is -2.26. The Bertz CT molecular complexity index is 913. The number of esters is 1. The Morgan fingerprint density at radius 2 is 1.75 bits per heavy atom. The van der Waals surface area contributed by atoms with Crippen LogP contribution in [0.1, 0.15) is 78.9 Å². The van der Waals surface area contributed by atoms with E-state index in [-0.39, 0.29) is 12.5 Å². The largest absolute Gasteiger partial charge is 0.459 e. The number of anilines is 1. The van der Waals surface area contributed by atoms with Gasteiger partial charge in [-0.15, -0.1) is 11.3 Å². The van der Waals surface area contributed by atoms with Crippen molar-refractivity contribution in [3.05, 3.63) is 51.7 Å². The number of nitrogens with zero attached hydrogens (tertiary/aromatic N) is 1. The van der Waals surface area contributed by atoms with Gasteiger partial charge in [0.05, 0.1) is 6.61 Å². The molecule has 1 aromatic heterocycles. The Labute approximate surface area is 218 Å². The summed E-state index contributed by atoms with van der Waals surface area (Å²) >= 11 is 1.36. The minimum atomic E-state index is -1.29. The normalized spacial score (nSPS) is 14.8. The van der Waals surface area contributed by atoms with Crippen molar-refractivity contribution < 1.29 is 29.6 Å². The van der Waals surface area contributed by atoms with Crippen molar-refractivity contribution in [2.45, 2.75) is 83.8 Å². The molecule has 3 N–H and O–H groups in total. The molecule has 3 rings (SSSR count). The number of aryl methyl sites for hydroxylation is 2. The van der Waals surface area contributed by atoms with Gasteiger partial charge in [0.15, 0.2) is 0 Å². The van der Waals surface area contributed by atoms with Gasteiger partial charge in [-0.2, -0.15) is 0 Å². The number of ether oxygens (including phenoxy) is 1. The number of benzene rings is 1. The molecule has 1 aromatic carbocycles. The first kappa shape index (κ1) is 30.0. The molecule has 0 aliphatic carbocycles. The van der Waals surface area contributed by atoms with E-state index in [2.05, 4.69) is 38.1 Å². The van der Waals surface area contributed by atoms with Gasteiger partial charge >= 0.3 is 5.97 Å². The molecule has 2 unspecified atom stereocenters. The molecule has 0 bridgehead atoms. The van der Waals surface area contributed by atoms with Crippen molar-refractivity contribution in [2.75, 3.05) is 24.7 Å². The van der Waals surface area contributed by atoms with Gasteiger partial charge in [-0.05, 0) is 55.5 Å². The van der Waals surface area contributed by atoms with E-state index in [0.29, 0.717) is 11.3 Å². The van der Waals surface area contributed by atoms with E-state index in [0.717, 1.165) is 42.8 Å². The second kappa shape index (κ2) is 16.5. The maximum absolute atomic E-state index is 11.6.